The summed E-state index contributed by atoms with van der Waals surface area (Å²) in [7, 11) is 6.10. The van der Waals surface area contributed by atoms with Crippen molar-refractivity contribution in [2.45, 2.75) is 37.3 Å². The summed E-state index contributed by atoms with van der Waals surface area (Å²) >= 11 is 0. The van der Waals surface area contributed by atoms with E-state index in [1.54, 1.807) is 7.11 Å². The Labute approximate surface area is 115 Å². The maximum Gasteiger partial charge on any atom is 0.119 e. The van der Waals surface area contributed by atoms with E-state index in [1.807, 2.05) is 0 Å². The van der Waals surface area contributed by atoms with Crippen LogP contribution < -0.4 is 10.1 Å². The van der Waals surface area contributed by atoms with Crippen molar-refractivity contribution in [2.24, 2.45) is 0 Å². The Hall–Kier alpha value is -1.06. The minimum atomic E-state index is 0.216. The number of ether oxygens (including phenoxy) is 1. The summed E-state index contributed by atoms with van der Waals surface area (Å²) in [5, 5.41) is 3.57. The van der Waals surface area contributed by atoms with Gasteiger partial charge < -0.3 is 15.0 Å². The third-order valence-electron chi connectivity index (χ3n) is 5.29. The van der Waals surface area contributed by atoms with Gasteiger partial charge in [0.2, 0.25) is 0 Å². The first kappa shape index (κ1) is 12.9. The van der Waals surface area contributed by atoms with Gasteiger partial charge in [-0.2, -0.15) is 0 Å². The van der Waals surface area contributed by atoms with Crippen LogP contribution in [0, 0.1) is 0 Å². The van der Waals surface area contributed by atoms with E-state index in [1.165, 1.54) is 24.1 Å². The Bertz CT molecular complexity index is 488. The molecule has 1 N–H and O–H groups in total. The van der Waals surface area contributed by atoms with Crippen LogP contribution in [0.1, 0.15) is 24.5 Å². The number of benzene rings is 1. The number of likely N-dealkylation sites (N-methyl/N-ethyl adjacent to an activating group) is 2. The number of rotatable bonds is 2. The molecule has 3 rings (SSSR count). The van der Waals surface area contributed by atoms with Gasteiger partial charge in [-0.15, -0.1) is 0 Å². The van der Waals surface area contributed by atoms with E-state index in [0.29, 0.717) is 12.1 Å². The summed E-state index contributed by atoms with van der Waals surface area (Å²) in [5.41, 5.74) is 3.19. The van der Waals surface area contributed by atoms with Gasteiger partial charge in [0.15, 0.2) is 0 Å². The molecule has 2 bridgehead atoms. The summed E-state index contributed by atoms with van der Waals surface area (Å²) in [6, 6.07) is 7.72. The van der Waals surface area contributed by atoms with Crippen LogP contribution in [0.15, 0.2) is 18.2 Å². The van der Waals surface area contributed by atoms with Crippen LogP contribution in [0.25, 0.3) is 0 Å². The van der Waals surface area contributed by atoms with E-state index in [0.717, 1.165) is 12.2 Å². The Morgan fingerprint density at radius 2 is 2.21 bits per heavy atom. The number of fused-ring (bicyclic) bond motifs is 4. The van der Waals surface area contributed by atoms with E-state index in [4.69, 9.17) is 4.74 Å². The third-order valence-corrected chi connectivity index (χ3v) is 5.29. The Balaban J connectivity index is 2.13. The SMILES string of the molecule is CN[C@H]1C2Cc3ccc(OC)cc3[C@@]1(C)CCN2C. The van der Waals surface area contributed by atoms with Gasteiger partial charge in [-0.05, 0) is 56.7 Å². The van der Waals surface area contributed by atoms with E-state index >= 15 is 0 Å². The molecule has 1 aliphatic heterocycles. The Morgan fingerprint density at radius 3 is 2.89 bits per heavy atom. The fourth-order valence-corrected chi connectivity index (χ4v) is 4.11. The summed E-state index contributed by atoms with van der Waals surface area (Å²) in [5.74, 6) is 0.979. The van der Waals surface area contributed by atoms with Crippen LogP contribution in [-0.4, -0.2) is 44.7 Å². The van der Waals surface area contributed by atoms with Crippen molar-refractivity contribution in [3.05, 3.63) is 29.3 Å². The molecule has 1 aromatic carbocycles. The van der Waals surface area contributed by atoms with Crippen LogP contribution in [0.2, 0.25) is 0 Å². The van der Waals surface area contributed by atoms with Gasteiger partial charge >= 0.3 is 0 Å². The minimum Gasteiger partial charge on any atom is -0.497 e. The second kappa shape index (κ2) is 4.50. The van der Waals surface area contributed by atoms with Crippen molar-refractivity contribution < 1.29 is 4.74 Å². The van der Waals surface area contributed by atoms with Crippen LogP contribution >= 0.6 is 0 Å². The highest BCUT2D eigenvalue weighted by Gasteiger charge is 2.49. The maximum atomic E-state index is 5.42. The number of nitrogens with zero attached hydrogens (tertiary/aromatic N) is 1. The lowest BCUT2D eigenvalue weighted by Crippen LogP contribution is -2.65. The highest BCUT2D eigenvalue weighted by atomic mass is 16.5. The number of hydrogen-bond donors (Lipinski definition) is 1. The van der Waals surface area contributed by atoms with Crippen molar-refractivity contribution in [3.8, 4) is 5.75 Å². The van der Waals surface area contributed by atoms with Gasteiger partial charge in [0.05, 0.1) is 7.11 Å². The molecule has 0 aromatic heterocycles. The molecule has 0 radical (unpaired) electrons. The Morgan fingerprint density at radius 1 is 1.42 bits per heavy atom. The zero-order chi connectivity index (χ0) is 13.6. The minimum absolute atomic E-state index is 0.216. The van der Waals surface area contributed by atoms with E-state index < -0.39 is 0 Å². The predicted molar refractivity (Wildman–Crippen MR) is 77.9 cm³/mol. The molecule has 1 unspecified atom stereocenters. The molecule has 1 heterocycles. The molecule has 1 saturated heterocycles. The van der Waals surface area contributed by atoms with Crippen molar-refractivity contribution >= 4 is 0 Å². The number of likely N-dealkylation sites (tertiary alicyclic amines) is 1. The first-order chi connectivity index (χ1) is 9.10. The second-order valence-electron chi connectivity index (χ2n) is 6.21. The third kappa shape index (κ3) is 1.79. The van der Waals surface area contributed by atoms with Gasteiger partial charge in [0, 0.05) is 17.5 Å². The van der Waals surface area contributed by atoms with E-state index in [2.05, 4.69) is 49.4 Å². The lowest BCUT2D eigenvalue weighted by Gasteiger charge is -2.54. The molecule has 1 fully saturated rings. The molecule has 19 heavy (non-hydrogen) atoms. The second-order valence-corrected chi connectivity index (χ2v) is 6.21. The fourth-order valence-electron chi connectivity index (χ4n) is 4.11. The van der Waals surface area contributed by atoms with Gasteiger partial charge in [0.25, 0.3) is 0 Å². The quantitative estimate of drug-likeness (QED) is 0.877. The molecule has 2 aliphatic rings. The number of nitrogens with one attached hydrogen (secondary N) is 1. The summed E-state index contributed by atoms with van der Waals surface area (Å²) in [6.07, 6.45) is 2.34. The van der Waals surface area contributed by atoms with Gasteiger partial charge in [0.1, 0.15) is 5.75 Å². The molecule has 1 aromatic rings. The van der Waals surface area contributed by atoms with Crippen LogP contribution in [0.4, 0.5) is 0 Å². The van der Waals surface area contributed by atoms with Crippen LogP contribution in [-0.2, 0) is 11.8 Å². The van der Waals surface area contributed by atoms with Gasteiger partial charge in [-0.25, -0.2) is 0 Å². The van der Waals surface area contributed by atoms with Gasteiger partial charge in [-0.1, -0.05) is 13.0 Å². The fraction of sp³-hybridized carbons (Fsp3) is 0.625. The number of hydrogen-bond acceptors (Lipinski definition) is 3. The highest BCUT2D eigenvalue weighted by Crippen LogP contribution is 2.45. The molecule has 0 amide bonds. The predicted octanol–water partition coefficient (Wildman–Crippen LogP) is 1.80. The smallest absolute Gasteiger partial charge is 0.119 e. The normalized spacial score (nSPS) is 33.9. The van der Waals surface area contributed by atoms with Crippen LogP contribution in [0.3, 0.4) is 0 Å². The first-order valence-corrected chi connectivity index (χ1v) is 7.15. The number of piperidine rings is 1. The standard InChI is InChI=1S/C16H24N2O/c1-16-7-8-18(3)14(15(16)17-2)9-11-5-6-12(19-4)10-13(11)16/h5-6,10,14-15,17H,7-9H2,1-4H3/t14?,15-,16+/m0/s1. The van der Waals surface area contributed by atoms with Crippen molar-refractivity contribution in [3.63, 3.8) is 0 Å². The van der Waals surface area contributed by atoms with E-state index in [-0.39, 0.29) is 5.41 Å². The van der Waals surface area contributed by atoms with Crippen molar-refractivity contribution in [1.29, 1.82) is 0 Å². The van der Waals surface area contributed by atoms with Crippen molar-refractivity contribution in [2.75, 3.05) is 27.7 Å². The average Bonchev–Trinajstić information content (AvgIpc) is 2.43. The topological polar surface area (TPSA) is 24.5 Å². The van der Waals surface area contributed by atoms with Crippen molar-refractivity contribution in [1.82, 2.24) is 10.2 Å². The van der Waals surface area contributed by atoms with Crippen LogP contribution in [0.5, 0.6) is 5.75 Å². The molecule has 3 nitrogen and oxygen atoms in total. The zero-order valence-corrected chi connectivity index (χ0v) is 12.4. The van der Waals surface area contributed by atoms with E-state index in [9.17, 15) is 0 Å². The molecule has 3 atom stereocenters. The highest BCUT2D eigenvalue weighted by molar-refractivity contribution is 5.45. The first-order valence-electron chi connectivity index (χ1n) is 7.15. The average molecular weight is 260 g/mol. The summed E-state index contributed by atoms with van der Waals surface area (Å²) in [4.78, 5) is 2.51. The Kier molecular flexibility index (Phi) is 3.06. The molecular formula is C16H24N2O. The monoisotopic (exact) mass is 260 g/mol. The largest absolute Gasteiger partial charge is 0.497 e. The molecular weight excluding hydrogens is 236 g/mol. The molecule has 1 aliphatic carbocycles. The summed E-state index contributed by atoms with van der Waals surface area (Å²) < 4.78 is 5.42. The molecule has 0 saturated carbocycles. The maximum absolute atomic E-state index is 5.42. The molecule has 0 spiro atoms. The summed E-state index contributed by atoms with van der Waals surface area (Å²) in [6.45, 7) is 3.58. The number of methoxy groups -OCH3 is 1. The zero-order valence-electron chi connectivity index (χ0n) is 12.4. The lowest BCUT2D eigenvalue weighted by molar-refractivity contribution is 0.0701. The lowest BCUT2D eigenvalue weighted by atomic mass is 9.62. The van der Waals surface area contributed by atoms with Gasteiger partial charge in [-0.3, -0.25) is 0 Å². The molecule has 3 heteroatoms. The molecule has 104 valence electrons.